The number of rotatable bonds is 8. The maximum atomic E-state index is 10.1. The van der Waals surface area contributed by atoms with E-state index >= 15 is 0 Å². The minimum absolute atomic E-state index is 0.100. The molecule has 4 heteroatoms. The van der Waals surface area contributed by atoms with Gasteiger partial charge in [0.2, 0.25) is 0 Å². The van der Waals surface area contributed by atoms with Gasteiger partial charge in [-0.1, -0.05) is 26.3 Å². The van der Waals surface area contributed by atoms with Gasteiger partial charge in [0.05, 0.1) is 5.60 Å². The highest BCUT2D eigenvalue weighted by molar-refractivity contribution is 4.87. The summed E-state index contributed by atoms with van der Waals surface area (Å²) in [5.41, 5.74) is -0.653. The largest absolute Gasteiger partial charge is 0.390 e. The van der Waals surface area contributed by atoms with Crippen LogP contribution in [0.4, 0.5) is 0 Å². The van der Waals surface area contributed by atoms with Gasteiger partial charge in [-0.2, -0.15) is 10.2 Å². The van der Waals surface area contributed by atoms with Crippen molar-refractivity contribution in [2.45, 2.75) is 58.7 Å². The minimum atomic E-state index is -0.653. The molecule has 0 unspecified atom stereocenters. The van der Waals surface area contributed by atoms with Gasteiger partial charge in [-0.15, -0.1) is 6.58 Å². The fourth-order valence-electron chi connectivity index (χ4n) is 2.63. The Morgan fingerprint density at radius 2 is 2.11 bits per heavy atom. The molecule has 1 heterocycles. The highest BCUT2D eigenvalue weighted by Crippen LogP contribution is 2.30. The maximum Gasteiger partial charge on any atom is 0.128 e. The summed E-state index contributed by atoms with van der Waals surface area (Å²) in [6.45, 7) is 13.5. The van der Waals surface area contributed by atoms with Crippen molar-refractivity contribution in [2.75, 3.05) is 13.2 Å². The molecule has 1 N–H and O–H groups in total. The van der Waals surface area contributed by atoms with Crippen LogP contribution in [0.1, 0.15) is 47.0 Å². The average molecular weight is 267 g/mol. The molecule has 1 aliphatic rings. The van der Waals surface area contributed by atoms with Crippen molar-refractivity contribution >= 4 is 0 Å². The second-order valence-corrected chi connectivity index (χ2v) is 6.62. The first kappa shape index (κ1) is 16.3. The van der Waals surface area contributed by atoms with Crippen molar-refractivity contribution < 1.29 is 5.11 Å². The third-order valence-electron chi connectivity index (χ3n) is 3.48. The van der Waals surface area contributed by atoms with Crippen LogP contribution in [0.15, 0.2) is 22.9 Å². The molecule has 0 fully saturated rings. The van der Waals surface area contributed by atoms with E-state index in [1.807, 2.05) is 19.9 Å². The summed E-state index contributed by atoms with van der Waals surface area (Å²) in [7, 11) is 0. The molecule has 110 valence electrons. The molecule has 0 aromatic carbocycles. The lowest BCUT2D eigenvalue weighted by Gasteiger charge is -2.32. The summed E-state index contributed by atoms with van der Waals surface area (Å²) in [6.07, 6.45) is 5.00. The summed E-state index contributed by atoms with van der Waals surface area (Å²) in [4.78, 5) is 2.23. The number of aliphatic hydroxyl groups is 1. The highest BCUT2D eigenvalue weighted by atomic mass is 16.3. The molecule has 0 aromatic rings. The quantitative estimate of drug-likeness (QED) is 0.685. The molecule has 0 saturated carbocycles. The highest BCUT2D eigenvalue weighted by Gasteiger charge is 2.33. The average Bonchev–Trinajstić information content (AvgIpc) is 2.71. The summed E-state index contributed by atoms with van der Waals surface area (Å²) in [6, 6.07) is 0. The van der Waals surface area contributed by atoms with Gasteiger partial charge >= 0.3 is 0 Å². The normalized spacial score (nSPS) is 22.1. The lowest BCUT2D eigenvalue weighted by molar-refractivity contribution is 0.0314. The maximum absolute atomic E-state index is 10.1. The third kappa shape index (κ3) is 5.83. The molecule has 0 spiro atoms. The van der Waals surface area contributed by atoms with Gasteiger partial charge in [0.15, 0.2) is 0 Å². The number of nitrogens with zero attached hydrogens (tertiary/aromatic N) is 3. The standard InChI is InChI=1S/C15H29N3O/c1-6-9-18-11-16-17-14(18)13(8-7-12(2)3)10-15(4,5)19/h6,12-14,19H,1,7-11H2,2-5H3/t13-,14-/m0/s1. The number of hydrogen-bond acceptors (Lipinski definition) is 4. The van der Waals surface area contributed by atoms with E-state index in [9.17, 15) is 5.11 Å². The minimum Gasteiger partial charge on any atom is -0.390 e. The van der Waals surface area contributed by atoms with Crippen LogP contribution in [0.25, 0.3) is 0 Å². The van der Waals surface area contributed by atoms with Gasteiger partial charge in [0, 0.05) is 6.54 Å². The predicted molar refractivity (Wildman–Crippen MR) is 78.9 cm³/mol. The first-order valence-electron chi connectivity index (χ1n) is 7.27. The molecule has 0 bridgehead atoms. The van der Waals surface area contributed by atoms with Gasteiger partial charge in [-0.3, -0.25) is 4.90 Å². The number of hydrogen-bond donors (Lipinski definition) is 1. The third-order valence-corrected chi connectivity index (χ3v) is 3.48. The Kier molecular flexibility index (Phi) is 6.14. The van der Waals surface area contributed by atoms with Crippen LogP contribution in [0.3, 0.4) is 0 Å². The Hall–Kier alpha value is -0.740. The first-order chi connectivity index (χ1) is 8.83. The van der Waals surface area contributed by atoms with Crippen LogP contribution in [-0.4, -0.2) is 35.0 Å². The van der Waals surface area contributed by atoms with Gasteiger partial charge in [0.1, 0.15) is 12.8 Å². The predicted octanol–water partition coefficient (Wildman–Crippen LogP) is 3.44. The smallest absolute Gasteiger partial charge is 0.128 e. The Morgan fingerprint density at radius 1 is 1.42 bits per heavy atom. The Labute approximate surface area is 117 Å². The van der Waals surface area contributed by atoms with Crippen molar-refractivity contribution in [3.63, 3.8) is 0 Å². The van der Waals surface area contributed by atoms with Crippen LogP contribution in [0.5, 0.6) is 0 Å². The zero-order chi connectivity index (χ0) is 14.5. The van der Waals surface area contributed by atoms with Crippen LogP contribution in [-0.2, 0) is 0 Å². The molecular weight excluding hydrogens is 238 g/mol. The van der Waals surface area contributed by atoms with Crippen molar-refractivity contribution in [3.8, 4) is 0 Å². The van der Waals surface area contributed by atoms with E-state index in [-0.39, 0.29) is 6.17 Å². The zero-order valence-corrected chi connectivity index (χ0v) is 12.8. The molecule has 1 rings (SSSR count). The van der Waals surface area contributed by atoms with Gasteiger partial charge < -0.3 is 5.11 Å². The topological polar surface area (TPSA) is 48.2 Å². The molecule has 2 atom stereocenters. The van der Waals surface area contributed by atoms with Gasteiger partial charge in [0.25, 0.3) is 0 Å². The Bertz CT molecular complexity index is 307. The van der Waals surface area contributed by atoms with E-state index in [2.05, 4.69) is 35.6 Å². The summed E-state index contributed by atoms with van der Waals surface area (Å²) < 4.78 is 0. The van der Waals surface area contributed by atoms with Crippen molar-refractivity contribution in [3.05, 3.63) is 12.7 Å². The van der Waals surface area contributed by atoms with Crippen molar-refractivity contribution in [1.82, 2.24) is 4.90 Å². The molecule has 0 aliphatic carbocycles. The van der Waals surface area contributed by atoms with Crippen LogP contribution < -0.4 is 0 Å². The lowest BCUT2D eigenvalue weighted by atomic mass is 9.86. The van der Waals surface area contributed by atoms with Gasteiger partial charge in [-0.05, 0) is 38.5 Å². The molecule has 0 radical (unpaired) electrons. The van der Waals surface area contributed by atoms with E-state index in [0.29, 0.717) is 18.5 Å². The van der Waals surface area contributed by atoms with Crippen LogP contribution in [0.2, 0.25) is 0 Å². The SMILES string of the molecule is C=CCN1CN=N[C@@H]1[C@@H](CCC(C)C)CC(C)(C)O. The summed E-state index contributed by atoms with van der Waals surface area (Å²) in [5.74, 6) is 1.03. The van der Waals surface area contributed by atoms with Crippen molar-refractivity contribution in [1.29, 1.82) is 0 Å². The molecule has 4 nitrogen and oxygen atoms in total. The van der Waals surface area contributed by atoms with E-state index in [1.165, 1.54) is 0 Å². The molecule has 0 amide bonds. The first-order valence-corrected chi connectivity index (χ1v) is 7.27. The Morgan fingerprint density at radius 3 is 2.63 bits per heavy atom. The summed E-state index contributed by atoms with van der Waals surface area (Å²) in [5, 5.41) is 18.7. The van der Waals surface area contributed by atoms with E-state index in [4.69, 9.17) is 0 Å². The fraction of sp³-hybridized carbons (Fsp3) is 0.867. The monoisotopic (exact) mass is 267 g/mol. The van der Waals surface area contributed by atoms with E-state index in [0.717, 1.165) is 25.8 Å². The Balaban J connectivity index is 2.70. The molecule has 19 heavy (non-hydrogen) atoms. The zero-order valence-electron chi connectivity index (χ0n) is 12.8. The molecule has 0 saturated heterocycles. The molecule has 0 aromatic heterocycles. The molecular formula is C15H29N3O. The lowest BCUT2D eigenvalue weighted by Crippen LogP contribution is -2.39. The van der Waals surface area contributed by atoms with E-state index in [1.54, 1.807) is 0 Å². The van der Waals surface area contributed by atoms with E-state index < -0.39 is 5.60 Å². The fourth-order valence-corrected chi connectivity index (χ4v) is 2.63. The second kappa shape index (κ2) is 7.15. The second-order valence-electron chi connectivity index (χ2n) is 6.62. The number of azo groups is 1. The van der Waals surface area contributed by atoms with Crippen molar-refractivity contribution in [2.24, 2.45) is 22.1 Å². The van der Waals surface area contributed by atoms with Crippen LogP contribution >= 0.6 is 0 Å². The molecule has 1 aliphatic heterocycles. The van der Waals surface area contributed by atoms with Gasteiger partial charge in [-0.25, -0.2) is 0 Å². The van der Waals surface area contributed by atoms with Crippen LogP contribution in [0, 0.1) is 11.8 Å². The summed E-state index contributed by atoms with van der Waals surface area (Å²) >= 11 is 0.